The normalized spacial score (nSPS) is 12.7. The number of carbonyl (C=O) groups excluding carboxylic acids is 1. The molecule has 0 radical (unpaired) electrons. The third-order valence-electron chi connectivity index (χ3n) is 5.10. The molecular weight excluding hydrogens is 436 g/mol. The van der Waals surface area contributed by atoms with Gasteiger partial charge in [0.05, 0.1) is 0 Å². The molecule has 0 saturated carbocycles. The largest absolute Gasteiger partial charge is 0.508 e. The first kappa shape index (κ1) is 24.2. The molecule has 0 aromatic heterocycles. The van der Waals surface area contributed by atoms with Gasteiger partial charge < -0.3 is 10.4 Å². The number of hydrogen-bond donors (Lipinski definition) is 3. The van der Waals surface area contributed by atoms with Crippen molar-refractivity contribution in [1.29, 1.82) is 0 Å². The number of sulfonamides is 1. The highest BCUT2D eigenvalue weighted by molar-refractivity contribution is 7.92. The SMILES string of the molecule is CC(C)C(NS(=O)(=O)/C=C/c1ccccc1)C(=O)NCc1ccc(-c2ccc(O)cc2)cc1. The zero-order valence-electron chi connectivity index (χ0n) is 18.6. The van der Waals surface area contributed by atoms with Crippen molar-refractivity contribution in [2.45, 2.75) is 26.4 Å². The highest BCUT2D eigenvalue weighted by Crippen LogP contribution is 2.22. The van der Waals surface area contributed by atoms with Crippen LogP contribution in [0.4, 0.5) is 0 Å². The first-order valence-corrected chi connectivity index (χ1v) is 12.2. The molecule has 0 heterocycles. The number of aromatic hydroxyl groups is 1. The van der Waals surface area contributed by atoms with Gasteiger partial charge in [0.15, 0.2) is 0 Å². The van der Waals surface area contributed by atoms with Crippen molar-refractivity contribution in [2.24, 2.45) is 5.92 Å². The molecule has 1 atom stereocenters. The van der Waals surface area contributed by atoms with E-state index in [-0.39, 0.29) is 24.1 Å². The van der Waals surface area contributed by atoms with Gasteiger partial charge in [0.25, 0.3) is 0 Å². The van der Waals surface area contributed by atoms with Gasteiger partial charge in [0.1, 0.15) is 11.8 Å². The van der Waals surface area contributed by atoms with E-state index in [1.165, 1.54) is 6.08 Å². The summed E-state index contributed by atoms with van der Waals surface area (Å²) in [5, 5.41) is 13.3. The lowest BCUT2D eigenvalue weighted by Gasteiger charge is -2.20. The molecule has 0 fully saturated rings. The van der Waals surface area contributed by atoms with Crippen LogP contribution >= 0.6 is 0 Å². The van der Waals surface area contributed by atoms with Gasteiger partial charge in [-0.2, -0.15) is 4.72 Å². The second-order valence-corrected chi connectivity index (χ2v) is 9.66. The third-order valence-corrected chi connectivity index (χ3v) is 6.18. The molecule has 0 aliphatic heterocycles. The average Bonchev–Trinajstić information content (AvgIpc) is 2.81. The van der Waals surface area contributed by atoms with Crippen LogP contribution in [0, 0.1) is 5.92 Å². The zero-order chi connectivity index (χ0) is 23.8. The predicted molar refractivity (Wildman–Crippen MR) is 132 cm³/mol. The van der Waals surface area contributed by atoms with E-state index in [0.29, 0.717) is 0 Å². The number of hydrogen-bond acceptors (Lipinski definition) is 4. The Hall–Kier alpha value is -3.42. The highest BCUT2D eigenvalue weighted by atomic mass is 32.2. The van der Waals surface area contributed by atoms with Gasteiger partial charge >= 0.3 is 0 Å². The first-order valence-electron chi connectivity index (χ1n) is 10.6. The molecule has 3 N–H and O–H groups in total. The van der Waals surface area contributed by atoms with Gasteiger partial charge in [0, 0.05) is 12.0 Å². The molecule has 3 aromatic rings. The van der Waals surface area contributed by atoms with Crippen molar-refractivity contribution in [3.8, 4) is 16.9 Å². The van der Waals surface area contributed by atoms with E-state index >= 15 is 0 Å². The summed E-state index contributed by atoms with van der Waals surface area (Å²) in [6, 6.07) is 22.8. The van der Waals surface area contributed by atoms with Crippen LogP contribution in [-0.4, -0.2) is 25.5 Å². The van der Waals surface area contributed by atoms with Gasteiger partial charge in [-0.25, -0.2) is 8.42 Å². The fraction of sp³-hybridized carbons (Fsp3) is 0.192. The minimum Gasteiger partial charge on any atom is -0.508 e. The Morgan fingerprint density at radius 1 is 0.909 bits per heavy atom. The second kappa shape index (κ2) is 10.9. The van der Waals surface area contributed by atoms with Crippen LogP contribution in [0.5, 0.6) is 5.75 Å². The van der Waals surface area contributed by atoms with E-state index in [4.69, 9.17) is 0 Å². The van der Waals surface area contributed by atoms with Crippen molar-refractivity contribution in [3.63, 3.8) is 0 Å². The summed E-state index contributed by atoms with van der Waals surface area (Å²) in [6.07, 6.45) is 1.49. The van der Waals surface area contributed by atoms with Crippen LogP contribution in [0.15, 0.2) is 84.3 Å². The molecule has 0 saturated heterocycles. The molecule has 1 amide bonds. The van der Waals surface area contributed by atoms with Crippen LogP contribution in [0.2, 0.25) is 0 Å². The topological polar surface area (TPSA) is 95.5 Å². The molecule has 172 valence electrons. The predicted octanol–water partition coefficient (Wildman–Crippen LogP) is 4.29. The summed E-state index contributed by atoms with van der Waals surface area (Å²) in [5.41, 5.74) is 3.61. The first-order chi connectivity index (χ1) is 15.7. The maximum Gasteiger partial charge on any atom is 0.238 e. The summed E-state index contributed by atoms with van der Waals surface area (Å²) in [4.78, 5) is 12.7. The average molecular weight is 465 g/mol. The molecule has 0 aliphatic carbocycles. The van der Waals surface area contributed by atoms with Gasteiger partial charge in [-0.15, -0.1) is 0 Å². The van der Waals surface area contributed by atoms with E-state index < -0.39 is 16.1 Å². The van der Waals surface area contributed by atoms with Gasteiger partial charge in [-0.05, 0) is 46.4 Å². The number of amides is 1. The van der Waals surface area contributed by atoms with Crippen LogP contribution in [-0.2, 0) is 21.4 Å². The third kappa shape index (κ3) is 7.30. The lowest BCUT2D eigenvalue weighted by Crippen LogP contribution is -2.48. The molecular formula is C26H28N2O4S. The van der Waals surface area contributed by atoms with Gasteiger partial charge in [0.2, 0.25) is 15.9 Å². The monoisotopic (exact) mass is 464 g/mol. The fourth-order valence-electron chi connectivity index (χ4n) is 3.21. The molecule has 1 unspecified atom stereocenters. The Bertz CT molecular complexity index is 1190. The van der Waals surface area contributed by atoms with Crippen LogP contribution < -0.4 is 10.0 Å². The summed E-state index contributed by atoms with van der Waals surface area (Å²) in [7, 11) is -3.80. The molecule has 7 heteroatoms. The maximum atomic E-state index is 12.7. The number of rotatable bonds is 9. The Balaban J connectivity index is 1.61. The van der Waals surface area contributed by atoms with Crippen molar-refractivity contribution in [2.75, 3.05) is 0 Å². The lowest BCUT2D eigenvalue weighted by atomic mass is 10.0. The minimum absolute atomic E-state index is 0.212. The lowest BCUT2D eigenvalue weighted by molar-refractivity contribution is -0.123. The van der Waals surface area contributed by atoms with Crippen molar-refractivity contribution >= 4 is 22.0 Å². The Kier molecular flexibility index (Phi) is 8.03. The standard InChI is InChI=1S/C26H28N2O4S/c1-19(2)25(28-33(31,32)17-16-20-6-4-3-5-7-20)26(30)27-18-21-8-10-22(11-9-21)23-12-14-24(29)15-13-23/h3-17,19,25,28-29H,18H2,1-2H3,(H,27,30)/b17-16+. The summed E-state index contributed by atoms with van der Waals surface area (Å²) < 4.78 is 27.5. The number of phenolic OH excluding ortho intramolecular Hbond substituents is 1. The van der Waals surface area contributed by atoms with E-state index in [0.717, 1.165) is 27.7 Å². The molecule has 0 spiro atoms. The minimum atomic E-state index is -3.80. The van der Waals surface area contributed by atoms with E-state index in [2.05, 4.69) is 10.0 Å². The van der Waals surface area contributed by atoms with E-state index in [1.54, 1.807) is 38.1 Å². The van der Waals surface area contributed by atoms with Gasteiger partial charge in [-0.1, -0.05) is 80.6 Å². The van der Waals surface area contributed by atoms with Crippen molar-refractivity contribution < 1.29 is 18.3 Å². The molecule has 6 nitrogen and oxygen atoms in total. The maximum absolute atomic E-state index is 12.7. The van der Waals surface area contributed by atoms with Crippen molar-refractivity contribution in [1.82, 2.24) is 10.0 Å². The van der Waals surface area contributed by atoms with Crippen molar-refractivity contribution in [3.05, 3.63) is 95.4 Å². The van der Waals surface area contributed by atoms with Crippen LogP contribution in [0.1, 0.15) is 25.0 Å². The molecule has 0 aliphatic rings. The smallest absolute Gasteiger partial charge is 0.238 e. The number of carbonyl (C=O) groups is 1. The summed E-state index contributed by atoms with van der Waals surface area (Å²) in [6.45, 7) is 3.86. The molecule has 3 rings (SSSR count). The summed E-state index contributed by atoms with van der Waals surface area (Å²) >= 11 is 0. The molecule has 0 bridgehead atoms. The van der Waals surface area contributed by atoms with Gasteiger partial charge in [-0.3, -0.25) is 4.79 Å². The highest BCUT2D eigenvalue weighted by Gasteiger charge is 2.26. The Morgan fingerprint density at radius 2 is 1.48 bits per heavy atom. The summed E-state index contributed by atoms with van der Waals surface area (Å²) in [5.74, 6) is -0.407. The quantitative estimate of drug-likeness (QED) is 0.440. The number of phenols is 1. The second-order valence-electron chi connectivity index (χ2n) is 8.06. The number of benzene rings is 3. The molecule has 33 heavy (non-hydrogen) atoms. The fourth-order valence-corrected chi connectivity index (χ4v) is 4.36. The van der Waals surface area contributed by atoms with Crippen LogP contribution in [0.3, 0.4) is 0 Å². The Labute approximate surface area is 195 Å². The van der Waals surface area contributed by atoms with E-state index in [9.17, 15) is 18.3 Å². The Morgan fingerprint density at radius 3 is 2.06 bits per heavy atom. The zero-order valence-corrected chi connectivity index (χ0v) is 19.4. The number of nitrogens with one attached hydrogen (secondary N) is 2. The molecule has 3 aromatic carbocycles. The van der Waals surface area contributed by atoms with Crippen LogP contribution in [0.25, 0.3) is 17.2 Å². The van der Waals surface area contributed by atoms with E-state index in [1.807, 2.05) is 54.6 Å².